The van der Waals surface area contributed by atoms with E-state index in [-0.39, 0.29) is 131 Å². The van der Waals surface area contributed by atoms with E-state index in [4.69, 9.17) is 38.4 Å². The van der Waals surface area contributed by atoms with Gasteiger partial charge in [-0.05, 0) is 54.3 Å². The molecule has 3 heterocycles. The molecule has 0 radical (unpaired) electrons. The highest BCUT2D eigenvalue weighted by atomic mass is 32.2. The molecule has 452 valence electrons. The number of amides is 6. The smallest absolute Gasteiger partial charge is 0.315 e. The zero-order chi connectivity index (χ0) is 59.3. The number of unbranched alkanes of at least 4 members (excludes halogenated alkanes) is 1. The molecule has 25 nitrogen and oxygen atoms in total. The van der Waals surface area contributed by atoms with Gasteiger partial charge in [0.2, 0.25) is 23.1 Å². The predicted octanol–water partition coefficient (Wildman–Crippen LogP) is 2.37. The molecule has 3 aliphatic heterocycles. The summed E-state index contributed by atoms with van der Waals surface area (Å²) in [6.07, 6.45) is 3.01. The molecule has 0 spiro atoms. The summed E-state index contributed by atoms with van der Waals surface area (Å²) in [6.45, 7) is 4.53. The lowest BCUT2D eigenvalue weighted by molar-refractivity contribution is -0.255. The molecule has 26 heteroatoms. The minimum absolute atomic E-state index is 0.00812. The number of aromatic carboxylic acids is 1. The number of nitrogens with zero attached hydrogens (tertiary/aromatic N) is 6. The lowest BCUT2D eigenvalue weighted by atomic mass is 9.89. The molecule has 83 heavy (non-hydrogen) atoms. The number of anilines is 1. The van der Waals surface area contributed by atoms with Crippen molar-refractivity contribution in [3.8, 4) is 22.5 Å². The molecule has 0 unspecified atom stereocenters. The van der Waals surface area contributed by atoms with Crippen molar-refractivity contribution < 1.29 is 66.7 Å². The fourth-order valence-corrected chi connectivity index (χ4v) is 10.9. The van der Waals surface area contributed by atoms with Crippen LogP contribution in [0.1, 0.15) is 59.2 Å². The summed E-state index contributed by atoms with van der Waals surface area (Å²) < 4.78 is 41.7. The molecule has 3 atom stereocenters. The van der Waals surface area contributed by atoms with E-state index in [0.29, 0.717) is 92.3 Å². The van der Waals surface area contributed by atoms with Gasteiger partial charge in [0.25, 0.3) is 5.91 Å². The Balaban J connectivity index is 0.912. The van der Waals surface area contributed by atoms with E-state index in [9.17, 15) is 33.9 Å². The Labute approximate surface area is 487 Å². The van der Waals surface area contributed by atoms with Gasteiger partial charge < -0.3 is 79.1 Å². The molecule has 0 bridgehead atoms. The number of fused-ring (bicyclic) bond motifs is 3. The van der Waals surface area contributed by atoms with Crippen LogP contribution in [0.2, 0.25) is 0 Å². The van der Waals surface area contributed by atoms with Crippen LogP contribution in [0.4, 0.5) is 10.5 Å². The van der Waals surface area contributed by atoms with Crippen molar-refractivity contribution in [3.05, 3.63) is 81.5 Å². The van der Waals surface area contributed by atoms with Crippen molar-refractivity contribution in [2.75, 3.05) is 157 Å². The Kier molecular flexibility index (Phi) is 27.6. The van der Waals surface area contributed by atoms with Crippen LogP contribution in [0, 0.1) is 0 Å². The van der Waals surface area contributed by atoms with Crippen molar-refractivity contribution >= 4 is 64.0 Å². The lowest BCUT2D eigenvalue weighted by Gasteiger charge is -2.23. The summed E-state index contributed by atoms with van der Waals surface area (Å²) in [5.74, 6) is -1.17. The third-order valence-corrected chi connectivity index (χ3v) is 15.2. The van der Waals surface area contributed by atoms with Gasteiger partial charge in [0, 0.05) is 134 Å². The van der Waals surface area contributed by atoms with Crippen molar-refractivity contribution in [1.29, 1.82) is 0 Å². The van der Waals surface area contributed by atoms with Crippen LogP contribution in [0.3, 0.4) is 0 Å². The fourth-order valence-electron chi connectivity index (χ4n) is 9.31. The number of ether oxygens (including phenoxy) is 6. The maximum atomic E-state index is 13.8. The number of hydrogen-bond acceptors (Lipinski definition) is 17. The largest absolute Gasteiger partial charge is 0.545 e. The molecule has 5 N–H and O–H groups in total. The number of thioether (sulfide) groups is 1. The lowest BCUT2D eigenvalue weighted by Crippen LogP contribution is -2.39. The second-order valence-electron chi connectivity index (χ2n) is 20.0. The van der Waals surface area contributed by atoms with Gasteiger partial charge in [-0.2, -0.15) is 11.8 Å². The molecule has 2 aromatic carbocycles. The highest BCUT2D eigenvalue weighted by Crippen LogP contribution is 2.42. The third-order valence-electron chi connectivity index (χ3n) is 13.7. The van der Waals surface area contributed by atoms with E-state index in [2.05, 4.69) is 36.6 Å². The van der Waals surface area contributed by atoms with Gasteiger partial charge in [-0.25, -0.2) is 9.37 Å². The van der Waals surface area contributed by atoms with Crippen molar-refractivity contribution in [1.82, 2.24) is 36.1 Å². The van der Waals surface area contributed by atoms with Gasteiger partial charge in [0.05, 0.1) is 103 Å². The first-order valence-electron chi connectivity index (χ1n) is 28.0. The summed E-state index contributed by atoms with van der Waals surface area (Å²) >= 11 is 1.87. The van der Waals surface area contributed by atoms with Gasteiger partial charge in [-0.1, -0.05) is 17.6 Å². The number of nitrogens with one attached hydrogen (secondary N) is 5. The Morgan fingerprint density at radius 2 is 1.41 bits per heavy atom. The molecule has 4 aliphatic rings. The molecule has 6 amide bonds. The van der Waals surface area contributed by atoms with Gasteiger partial charge in [-0.3, -0.25) is 19.2 Å². The maximum Gasteiger partial charge on any atom is 0.315 e. The fraction of sp³-hybridized carbons (Fsp3) is 0.561. The van der Waals surface area contributed by atoms with Crippen molar-refractivity contribution in [3.63, 3.8) is 0 Å². The minimum atomic E-state index is -1.42. The number of carboxylic acids is 1. The second kappa shape index (κ2) is 35.2. The molecule has 2 aromatic rings. The van der Waals surface area contributed by atoms with Crippen molar-refractivity contribution in [2.24, 2.45) is 5.11 Å². The molecule has 2 saturated heterocycles. The Bertz CT molecular complexity index is 2880. The number of carbonyl (C=O) groups is 6. The minimum Gasteiger partial charge on any atom is -0.545 e. The predicted molar refractivity (Wildman–Crippen MR) is 311 cm³/mol. The number of hydrogen-bond donors (Lipinski definition) is 5. The quantitative estimate of drug-likeness (QED) is 0.00815. The first kappa shape index (κ1) is 65.1. The molecule has 0 aromatic heterocycles. The number of urea groups is 1. The highest BCUT2D eigenvalue weighted by molar-refractivity contribution is 8.00. The van der Waals surface area contributed by atoms with E-state index in [0.717, 1.165) is 36.1 Å². The van der Waals surface area contributed by atoms with Crippen LogP contribution < -0.4 is 46.5 Å². The molecular weight excluding hydrogens is 1090 g/mol. The average molecular weight is 1170 g/mol. The monoisotopic (exact) mass is 1170 g/mol. The molecule has 1 aliphatic carbocycles. The normalized spacial score (nSPS) is 15.3. The highest BCUT2D eigenvalue weighted by Gasteiger charge is 2.42. The summed E-state index contributed by atoms with van der Waals surface area (Å²) in [5.41, 5.74) is 11.2. The van der Waals surface area contributed by atoms with Crippen LogP contribution >= 0.6 is 11.8 Å². The summed E-state index contributed by atoms with van der Waals surface area (Å²) in [6, 6.07) is 15.8. The third kappa shape index (κ3) is 21.3. The first-order valence-corrected chi connectivity index (χ1v) is 29.1. The van der Waals surface area contributed by atoms with E-state index in [1.54, 1.807) is 0 Å². The molecule has 6 rings (SSSR count). The number of rotatable bonds is 39. The van der Waals surface area contributed by atoms with Crippen molar-refractivity contribution in [2.45, 2.75) is 55.9 Å². The number of azide groups is 1. The summed E-state index contributed by atoms with van der Waals surface area (Å²) in [7, 11) is 7.62. The van der Waals surface area contributed by atoms with Gasteiger partial charge in [0.1, 0.15) is 25.4 Å². The van der Waals surface area contributed by atoms with Crippen LogP contribution in [0.25, 0.3) is 43.9 Å². The SMILES string of the molecule is CN(C)c1ccc2c(-c3cc(C(=O)NCCC(=O)N(CCOCCOCCOCCN=[N+]=[N-])CCC(=O)NCCOCCOCCOCCNC(=O)CCCC[C@H]4SC[C@@H]5NC(=O)N[C@@H]54)ccc3C(=O)[O-])c3ccc(=[N+](C)C)cc-3oc2c1. The Morgan fingerprint density at radius 1 is 0.747 bits per heavy atom. The summed E-state index contributed by atoms with van der Waals surface area (Å²) in [5, 5.41) is 32.4. The zero-order valence-electron chi connectivity index (χ0n) is 47.9. The molecule has 2 fully saturated rings. The van der Waals surface area contributed by atoms with E-state index < -0.39 is 11.9 Å². The van der Waals surface area contributed by atoms with Crippen LogP contribution in [-0.2, 0) is 42.8 Å². The van der Waals surface area contributed by atoms with E-state index >= 15 is 0 Å². The topological polar surface area (TPSA) is 312 Å². The second-order valence-corrected chi connectivity index (χ2v) is 21.3. The molecular formula is C57H79N11O14S. The average Bonchev–Trinajstić information content (AvgIpc) is 3.70. The number of benzene rings is 3. The Hall–Kier alpha value is -7.03. The van der Waals surface area contributed by atoms with Crippen LogP contribution in [0.15, 0.2) is 64.1 Å². The standard InChI is InChI=1S/C57H79N11O14S/c1-66(2)40-10-13-43-47(36-40)82-48-37-41(67(3)4)11-14-44(48)53(43)45-35-39(9-12-42(45)56(73)74)55(72)61-17-15-52(71)68(22-26-79-30-34-81-33-29-78-25-20-62-65-58)21-16-51(70)60-19-24-77-28-32-80-31-27-76-23-18-59-50(69)8-6-5-7-49-54-46(38-83-49)63-57(75)64-54/h9-14,35-37,46,49,54H,5-8,15-34,38H2,1-4H3,(H5-,59,60,61,63,64,69,70,72,73,74,75)/t46-,49+,54-/m0/s1. The van der Waals surface area contributed by atoms with Gasteiger partial charge in [-0.15, -0.1) is 0 Å². The molecule has 0 saturated carbocycles. The van der Waals surface area contributed by atoms with E-state index in [1.165, 1.54) is 23.1 Å². The van der Waals surface area contributed by atoms with Crippen LogP contribution in [0.5, 0.6) is 0 Å². The van der Waals surface area contributed by atoms with Crippen LogP contribution in [-0.4, -0.2) is 210 Å². The number of carboxylic acid groups (broad SMARTS) is 1. The number of carbonyl (C=O) groups excluding carboxylic acids is 6. The zero-order valence-corrected chi connectivity index (χ0v) is 48.7. The van der Waals surface area contributed by atoms with Gasteiger partial charge >= 0.3 is 6.03 Å². The van der Waals surface area contributed by atoms with Gasteiger partial charge in [0.15, 0.2) is 0 Å². The summed E-state index contributed by atoms with van der Waals surface area (Å²) in [4.78, 5) is 83.0. The first-order chi connectivity index (χ1) is 40.2. The van der Waals surface area contributed by atoms with E-state index in [1.807, 2.05) is 85.8 Å². The Morgan fingerprint density at radius 3 is 2.07 bits per heavy atom. The maximum absolute atomic E-state index is 13.8.